The number of hydrogen-bond donors (Lipinski definition) is 1. The molecule has 0 bridgehead atoms. The Bertz CT molecular complexity index is 1220. The normalized spacial score (nSPS) is 13.1. The average molecular weight is 439 g/mol. The molecular weight excluding hydrogens is 416 g/mol. The van der Waals surface area contributed by atoms with Crippen LogP contribution in [0.25, 0.3) is 0 Å². The van der Waals surface area contributed by atoms with Crippen LogP contribution in [0.15, 0.2) is 70.2 Å². The van der Waals surface area contributed by atoms with E-state index in [1.165, 1.54) is 6.26 Å². The van der Waals surface area contributed by atoms with Crippen LogP contribution >= 0.6 is 0 Å². The van der Waals surface area contributed by atoms with Gasteiger partial charge in [-0.25, -0.2) is 8.42 Å². The van der Waals surface area contributed by atoms with Crippen LogP contribution in [0.1, 0.15) is 28.1 Å². The lowest BCUT2D eigenvalue weighted by atomic mass is 10.1. The third kappa shape index (κ3) is 4.69. The number of nitrogens with zero attached hydrogens (tertiary/aromatic N) is 1. The Morgan fingerprint density at radius 3 is 2.55 bits per heavy atom. The van der Waals surface area contributed by atoms with Crippen LogP contribution in [0, 0.1) is 0 Å². The highest BCUT2D eigenvalue weighted by Crippen LogP contribution is 2.32. The number of carbonyl (C=O) groups excluding carboxylic acids is 2. The van der Waals surface area contributed by atoms with E-state index in [0.29, 0.717) is 18.7 Å². The van der Waals surface area contributed by atoms with Crippen LogP contribution in [-0.4, -0.2) is 33.0 Å². The smallest absolute Gasteiger partial charge is 0.293 e. The minimum Gasteiger partial charge on any atom is -0.459 e. The molecule has 0 saturated carbocycles. The highest BCUT2D eigenvalue weighted by Gasteiger charge is 2.27. The van der Waals surface area contributed by atoms with Gasteiger partial charge in [0, 0.05) is 30.6 Å². The highest BCUT2D eigenvalue weighted by molar-refractivity contribution is 7.90. The van der Waals surface area contributed by atoms with Gasteiger partial charge in [0.1, 0.15) is 0 Å². The van der Waals surface area contributed by atoms with Crippen molar-refractivity contribution in [3.05, 3.63) is 77.7 Å². The van der Waals surface area contributed by atoms with Gasteiger partial charge in [-0.2, -0.15) is 0 Å². The van der Waals surface area contributed by atoms with Gasteiger partial charge in [-0.15, -0.1) is 0 Å². The van der Waals surface area contributed by atoms with Crippen molar-refractivity contribution in [2.24, 2.45) is 0 Å². The van der Waals surface area contributed by atoms with Crippen LogP contribution in [-0.2, 0) is 27.5 Å². The van der Waals surface area contributed by atoms with Crippen molar-refractivity contribution in [2.75, 3.05) is 23.0 Å². The van der Waals surface area contributed by atoms with Gasteiger partial charge in [0.05, 0.1) is 11.2 Å². The molecule has 1 N–H and O–H groups in total. The first-order chi connectivity index (χ1) is 14.8. The zero-order valence-corrected chi connectivity index (χ0v) is 17.8. The summed E-state index contributed by atoms with van der Waals surface area (Å²) in [6.07, 6.45) is 4.12. The number of fused-ring (bicyclic) bond motifs is 1. The molecule has 0 fully saturated rings. The van der Waals surface area contributed by atoms with Crippen molar-refractivity contribution in [1.29, 1.82) is 0 Å². The van der Waals surface area contributed by atoms with Gasteiger partial charge in [0.15, 0.2) is 15.6 Å². The van der Waals surface area contributed by atoms with Crippen molar-refractivity contribution in [3.8, 4) is 0 Å². The maximum Gasteiger partial charge on any atom is 0.293 e. The van der Waals surface area contributed by atoms with Crippen molar-refractivity contribution in [1.82, 2.24) is 0 Å². The number of aryl methyl sites for hydroxylation is 1. The first kappa shape index (κ1) is 20.9. The molecule has 1 aromatic heterocycles. The quantitative estimate of drug-likeness (QED) is 0.636. The number of rotatable bonds is 6. The van der Waals surface area contributed by atoms with E-state index >= 15 is 0 Å². The molecule has 2 aromatic carbocycles. The second-order valence-corrected chi connectivity index (χ2v) is 9.51. The lowest BCUT2D eigenvalue weighted by Gasteiger charge is -2.17. The lowest BCUT2D eigenvalue weighted by molar-refractivity contribution is -0.116. The van der Waals surface area contributed by atoms with Crippen molar-refractivity contribution < 1.29 is 22.4 Å². The SMILES string of the molecule is CS(=O)(=O)c1ccc(CCC(=O)Nc2ccc3c(c2)N(C(=O)c2ccco2)CC3)cc1. The van der Waals surface area contributed by atoms with Gasteiger partial charge in [0.25, 0.3) is 5.91 Å². The maximum atomic E-state index is 12.7. The molecule has 0 saturated heterocycles. The fourth-order valence-corrected chi connectivity index (χ4v) is 4.22. The van der Waals surface area contributed by atoms with E-state index in [2.05, 4.69) is 5.32 Å². The molecule has 8 heteroatoms. The van der Waals surface area contributed by atoms with Gasteiger partial charge in [0.2, 0.25) is 5.91 Å². The fraction of sp³-hybridized carbons (Fsp3) is 0.217. The molecule has 3 aromatic rings. The summed E-state index contributed by atoms with van der Waals surface area (Å²) in [6.45, 7) is 0.565. The van der Waals surface area contributed by atoms with Gasteiger partial charge in [-0.05, 0) is 60.4 Å². The van der Waals surface area contributed by atoms with Gasteiger partial charge in [-0.1, -0.05) is 18.2 Å². The van der Waals surface area contributed by atoms with Gasteiger partial charge >= 0.3 is 0 Å². The van der Waals surface area contributed by atoms with Gasteiger partial charge < -0.3 is 14.6 Å². The van der Waals surface area contributed by atoms with E-state index in [9.17, 15) is 18.0 Å². The van der Waals surface area contributed by atoms with Crippen molar-refractivity contribution in [2.45, 2.75) is 24.2 Å². The Hall–Kier alpha value is -3.39. The van der Waals surface area contributed by atoms with E-state index in [1.54, 1.807) is 41.3 Å². The van der Waals surface area contributed by atoms with Crippen molar-refractivity contribution in [3.63, 3.8) is 0 Å². The predicted octanol–water partition coefficient (Wildman–Crippen LogP) is 3.46. The first-order valence-electron chi connectivity index (χ1n) is 9.88. The number of sulfone groups is 1. The summed E-state index contributed by atoms with van der Waals surface area (Å²) in [5.41, 5.74) is 3.32. The Kier molecular flexibility index (Phi) is 5.65. The fourth-order valence-electron chi connectivity index (χ4n) is 3.59. The lowest BCUT2D eigenvalue weighted by Crippen LogP contribution is -2.28. The van der Waals surface area contributed by atoms with E-state index in [0.717, 1.165) is 29.5 Å². The highest BCUT2D eigenvalue weighted by atomic mass is 32.2. The van der Waals surface area contributed by atoms with E-state index in [-0.39, 0.29) is 28.9 Å². The minimum absolute atomic E-state index is 0.158. The molecule has 0 atom stereocenters. The van der Waals surface area contributed by atoms with Crippen LogP contribution in [0.4, 0.5) is 11.4 Å². The average Bonchev–Trinajstić information content (AvgIpc) is 3.41. The third-order valence-electron chi connectivity index (χ3n) is 5.23. The molecule has 4 rings (SSSR count). The van der Waals surface area contributed by atoms with Gasteiger partial charge in [-0.3, -0.25) is 9.59 Å². The predicted molar refractivity (Wildman–Crippen MR) is 117 cm³/mol. The molecule has 2 amide bonds. The van der Waals surface area contributed by atoms with Crippen molar-refractivity contribution >= 4 is 33.0 Å². The van der Waals surface area contributed by atoms with E-state index in [4.69, 9.17) is 4.42 Å². The van der Waals surface area contributed by atoms with Crippen LogP contribution in [0.3, 0.4) is 0 Å². The maximum absolute atomic E-state index is 12.7. The summed E-state index contributed by atoms with van der Waals surface area (Å²) in [7, 11) is -3.23. The molecule has 0 unspecified atom stereocenters. The standard InChI is InChI=1S/C23H22N2O5S/c1-31(28,29)19-9-4-16(5-10-19)6-11-22(26)24-18-8-7-17-12-13-25(20(17)15-18)23(27)21-3-2-14-30-21/h2-5,7-10,14-15H,6,11-13H2,1H3,(H,24,26). The zero-order valence-electron chi connectivity index (χ0n) is 17.0. The summed E-state index contributed by atoms with van der Waals surface area (Å²) < 4.78 is 28.3. The molecule has 2 heterocycles. The van der Waals surface area contributed by atoms with E-state index < -0.39 is 9.84 Å². The Balaban J connectivity index is 1.39. The molecular formula is C23H22N2O5S. The molecule has 160 valence electrons. The summed E-state index contributed by atoms with van der Waals surface area (Å²) >= 11 is 0. The number of carbonyl (C=O) groups is 2. The molecule has 1 aliphatic rings. The number of amides is 2. The summed E-state index contributed by atoms with van der Waals surface area (Å²) in [5, 5.41) is 2.88. The summed E-state index contributed by atoms with van der Waals surface area (Å²) in [4.78, 5) is 27.0. The zero-order chi connectivity index (χ0) is 22.0. The van der Waals surface area contributed by atoms with Crippen LogP contribution < -0.4 is 10.2 Å². The largest absolute Gasteiger partial charge is 0.459 e. The number of benzene rings is 2. The molecule has 31 heavy (non-hydrogen) atoms. The second-order valence-electron chi connectivity index (χ2n) is 7.49. The molecule has 0 spiro atoms. The van der Waals surface area contributed by atoms with E-state index in [1.807, 2.05) is 18.2 Å². The topological polar surface area (TPSA) is 96.7 Å². The Labute approximate surface area is 180 Å². The third-order valence-corrected chi connectivity index (χ3v) is 6.36. The van der Waals surface area contributed by atoms with Crippen LogP contribution in [0.5, 0.6) is 0 Å². The Morgan fingerprint density at radius 2 is 1.87 bits per heavy atom. The molecule has 0 aliphatic carbocycles. The first-order valence-corrected chi connectivity index (χ1v) is 11.8. The monoisotopic (exact) mass is 438 g/mol. The number of hydrogen-bond acceptors (Lipinski definition) is 5. The second kappa shape index (κ2) is 8.39. The van der Waals surface area contributed by atoms with Crippen LogP contribution in [0.2, 0.25) is 0 Å². The number of furan rings is 1. The molecule has 7 nitrogen and oxygen atoms in total. The number of anilines is 2. The Morgan fingerprint density at radius 1 is 1.10 bits per heavy atom. The molecule has 0 radical (unpaired) electrons. The summed E-state index contributed by atoms with van der Waals surface area (Å²) in [6, 6.07) is 15.4. The molecule has 1 aliphatic heterocycles. The number of nitrogens with one attached hydrogen (secondary N) is 1. The summed E-state index contributed by atoms with van der Waals surface area (Å²) in [5.74, 6) is -0.0806. The minimum atomic E-state index is -3.23.